The minimum absolute atomic E-state index is 0.0578. The number of phenols is 1. The zero-order chi connectivity index (χ0) is 16.9. The van der Waals surface area contributed by atoms with Gasteiger partial charge in [0.2, 0.25) is 0 Å². The van der Waals surface area contributed by atoms with Crippen molar-refractivity contribution < 1.29 is 24.2 Å². The number of rotatable bonds is 4. The maximum atomic E-state index is 12.0. The van der Waals surface area contributed by atoms with Gasteiger partial charge in [0.1, 0.15) is 11.5 Å². The molecule has 2 aromatic carbocycles. The number of nitrogens with one attached hydrogen (secondary N) is 1. The first-order valence-electron chi connectivity index (χ1n) is 7.61. The zero-order valence-electron chi connectivity index (χ0n) is 12.9. The third-order valence-electron chi connectivity index (χ3n) is 3.73. The van der Waals surface area contributed by atoms with Crippen LogP contribution in [0.2, 0.25) is 0 Å². The molecule has 2 N–H and O–H groups in total. The van der Waals surface area contributed by atoms with Crippen molar-refractivity contribution in [3.8, 4) is 11.5 Å². The Labute approximate surface area is 139 Å². The number of ether oxygens (including phenoxy) is 2. The van der Waals surface area contributed by atoms with Crippen LogP contribution in [0.15, 0.2) is 48.5 Å². The van der Waals surface area contributed by atoms with E-state index in [1.165, 1.54) is 24.3 Å². The maximum absolute atomic E-state index is 12.0. The predicted molar refractivity (Wildman–Crippen MR) is 85.8 cm³/mol. The lowest BCUT2D eigenvalue weighted by atomic mass is 10.0. The summed E-state index contributed by atoms with van der Waals surface area (Å²) in [5, 5.41) is 12.0. The van der Waals surface area contributed by atoms with Crippen LogP contribution in [0.25, 0.3) is 0 Å². The molecular weight excluding hydrogens is 310 g/mol. The van der Waals surface area contributed by atoms with E-state index in [1.54, 1.807) is 0 Å². The monoisotopic (exact) mass is 327 g/mol. The minimum Gasteiger partial charge on any atom is -0.508 e. The van der Waals surface area contributed by atoms with Gasteiger partial charge in [-0.15, -0.1) is 0 Å². The Balaban J connectivity index is 1.55. The number of carbonyl (C=O) groups excluding carboxylic acids is 2. The standard InChI is InChI=1S/C18H17NO5/c20-13-7-5-12(6-8-13)18(22)24-11-17(21)19-15-9-10-23-16-4-2-1-3-14(15)16/h1-8,15,20H,9-11H2,(H,19,21). The van der Waals surface area contributed by atoms with E-state index >= 15 is 0 Å². The molecule has 1 unspecified atom stereocenters. The molecule has 0 radical (unpaired) electrons. The lowest BCUT2D eigenvalue weighted by Gasteiger charge is -2.26. The quantitative estimate of drug-likeness (QED) is 0.841. The van der Waals surface area contributed by atoms with Crippen LogP contribution in [0.3, 0.4) is 0 Å². The van der Waals surface area contributed by atoms with Gasteiger partial charge in [-0.25, -0.2) is 4.79 Å². The molecule has 1 aliphatic rings. The van der Waals surface area contributed by atoms with Gasteiger partial charge in [0.15, 0.2) is 6.61 Å². The van der Waals surface area contributed by atoms with Gasteiger partial charge in [-0.3, -0.25) is 4.79 Å². The van der Waals surface area contributed by atoms with Gasteiger partial charge >= 0.3 is 5.97 Å². The SMILES string of the molecule is O=C(COC(=O)c1ccc(O)cc1)NC1CCOc2ccccc21. The van der Waals surface area contributed by atoms with Gasteiger partial charge in [0.05, 0.1) is 18.2 Å². The molecule has 24 heavy (non-hydrogen) atoms. The minimum atomic E-state index is -0.613. The third kappa shape index (κ3) is 3.65. The second-order valence-electron chi connectivity index (χ2n) is 5.42. The van der Waals surface area contributed by atoms with E-state index in [0.717, 1.165) is 11.3 Å². The number of benzene rings is 2. The molecule has 124 valence electrons. The second kappa shape index (κ2) is 7.04. The molecule has 1 amide bonds. The molecule has 3 rings (SSSR count). The Hall–Kier alpha value is -3.02. The number of para-hydroxylation sites is 1. The first-order chi connectivity index (χ1) is 11.6. The summed E-state index contributed by atoms with van der Waals surface area (Å²) in [6.45, 7) is 0.161. The highest BCUT2D eigenvalue weighted by Crippen LogP contribution is 2.31. The van der Waals surface area contributed by atoms with E-state index in [4.69, 9.17) is 9.47 Å². The normalized spacial score (nSPS) is 15.8. The average Bonchev–Trinajstić information content (AvgIpc) is 2.61. The Kier molecular flexibility index (Phi) is 4.65. The molecule has 1 heterocycles. The summed E-state index contributed by atoms with van der Waals surface area (Å²) >= 11 is 0. The van der Waals surface area contributed by atoms with Crippen molar-refractivity contribution >= 4 is 11.9 Å². The van der Waals surface area contributed by atoms with Gasteiger partial charge in [0.25, 0.3) is 5.91 Å². The molecular formula is C18H17NO5. The fourth-order valence-electron chi connectivity index (χ4n) is 2.54. The predicted octanol–water partition coefficient (Wildman–Crippen LogP) is 2.19. The van der Waals surface area contributed by atoms with Crippen LogP contribution in [0, 0.1) is 0 Å². The summed E-state index contributed by atoms with van der Waals surface area (Å²) in [6, 6.07) is 13.0. The molecule has 0 aromatic heterocycles. The molecule has 1 aliphatic heterocycles. The van der Waals surface area contributed by atoms with E-state index in [2.05, 4.69) is 5.32 Å². The molecule has 2 aromatic rings. The Bertz CT molecular complexity index is 741. The highest BCUT2D eigenvalue weighted by molar-refractivity contribution is 5.91. The number of aromatic hydroxyl groups is 1. The van der Waals surface area contributed by atoms with Crippen LogP contribution >= 0.6 is 0 Å². The summed E-state index contributed by atoms with van der Waals surface area (Å²) in [5.74, 6) is -0.168. The van der Waals surface area contributed by atoms with Crippen molar-refractivity contribution in [1.82, 2.24) is 5.32 Å². The third-order valence-corrected chi connectivity index (χ3v) is 3.73. The van der Waals surface area contributed by atoms with Gasteiger partial charge < -0.3 is 19.9 Å². The van der Waals surface area contributed by atoms with Crippen LogP contribution in [-0.2, 0) is 9.53 Å². The van der Waals surface area contributed by atoms with Crippen molar-refractivity contribution in [2.45, 2.75) is 12.5 Å². The van der Waals surface area contributed by atoms with Crippen molar-refractivity contribution in [2.24, 2.45) is 0 Å². The topological polar surface area (TPSA) is 84.9 Å². The van der Waals surface area contributed by atoms with Gasteiger partial charge in [-0.1, -0.05) is 18.2 Å². The van der Waals surface area contributed by atoms with Gasteiger partial charge in [0, 0.05) is 12.0 Å². The van der Waals surface area contributed by atoms with Crippen LogP contribution in [0.4, 0.5) is 0 Å². The van der Waals surface area contributed by atoms with Crippen molar-refractivity contribution in [2.75, 3.05) is 13.2 Å². The molecule has 0 bridgehead atoms. The second-order valence-corrected chi connectivity index (χ2v) is 5.42. The average molecular weight is 327 g/mol. The smallest absolute Gasteiger partial charge is 0.338 e. The highest BCUT2D eigenvalue weighted by atomic mass is 16.5. The van der Waals surface area contributed by atoms with Gasteiger partial charge in [-0.2, -0.15) is 0 Å². The fraction of sp³-hybridized carbons (Fsp3) is 0.222. The van der Waals surface area contributed by atoms with E-state index in [0.29, 0.717) is 13.0 Å². The van der Waals surface area contributed by atoms with Crippen LogP contribution in [0.5, 0.6) is 11.5 Å². The van der Waals surface area contributed by atoms with Crippen molar-refractivity contribution in [1.29, 1.82) is 0 Å². The van der Waals surface area contributed by atoms with Crippen LogP contribution in [-0.4, -0.2) is 30.2 Å². The molecule has 0 spiro atoms. The lowest BCUT2D eigenvalue weighted by molar-refractivity contribution is -0.125. The molecule has 1 atom stereocenters. The molecule has 0 aliphatic carbocycles. The van der Waals surface area contributed by atoms with Crippen molar-refractivity contribution in [3.63, 3.8) is 0 Å². The van der Waals surface area contributed by atoms with Gasteiger partial charge in [-0.05, 0) is 30.3 Å². The highest BCUT2D eigenvalue weighted by Gasteiger charge is 2.23. The summed E-state index contributed by atoms with van der Waals surface area (Å²) in [4.78, 5) is 23.9. The fourth-order valence-corrected chi connectivity index (χ4v) is 2.54. The summed E-state index contributed by atoms with van der Waals surface area (Å²) in [5.41, 5.74) is 1.19. The number of hydrogen-bond acceptors (Lipinski definition) is 5. The van der Waals surface area contributed by atoms with Crippen LogP contribution < -0.4 is 10.1 Å². The largest absolute Gasteiger partial charge is 0.508 e. The molecule has 6 nitrogen and oxygen atoms in total. The number of phenolic OH excluding ortho intramolecular Hbond substituents is 1. The summed E-state index contributed by atoms with van der Waals surface area (Å²) in [6.07, 6.45) is 0.661. The summed E-state index contributed by atoms with van der Waals surface area (Å²) < 4.78 is 10.5. The number of fused-ring (bicyclic) bond motifs is 1. The summed E-state index contributed by atoms with van der Waals surface area (Å²) in [7, 11) is 0. The number of carbonyl (C=O) groups is 2. The molecule has 0 saturated heterocycles. The first kappa shape index (κ1) is 15.9. The molecule has 0 fully saturated rings. The Morgan fingerprint density at radius 3 is 2.71 bits per heavy atom. The lowest BCUT2D eigenvalue weighted by Crippen LogP contribution is -2.35. The maximum Gasteiger partial charge on any atom is 0.338 e. The molecule has 6 heteroatoms. The Morgan fingerprint density at radius 2 is 1.92 bits per heavy atom. The van der Waals surface area contributed by atoms with E-state index in [9.17, 15) is 14.7 Å². The van der Waals surface area contributed by atoms with E-state index in [1.807, 2.05) is 24.3 Å². The van der Waals surface area contributed by atoms with E-state index < -0.39 is 5.97 Å². The first-order valence-corrected chi connectivity index (χ1v) is 7.61. The van der Waals surface area contributed by atoms with E-state index in [-0.39, 0.29) is 29.9 Å². The number of esters is 1. The molecule has 0 saturated carbocycles. The number of amides is 1. The van der Waals surface area contributed by atoms with Crippen LogP contribution in [0.1, 0.15) is 28.4 Å². The zero-order valence-corrected chi connectivity index (χ0v) is 12.9. The Morgan fingerprint density at radius 1 is 1.17 bits per heavy atom. The number of hydrogen-bond donors (Lipinski definition) is 2. The van der Waals surface area contributed by atoms with Crippen molar-refractivity contribution in [3.05, 3.63) is 59.7 Å².